The molecule has 0 aliphatic carbocycles. The second-order valence-electron chi connectivity index (χ2n) is 6.43. The van der Waals surface area contributed by atoms with E-state index in [2.05, 4.69) is 27.3 Å². The van der Waals surface area contributed by atoms with Crippen molar-refractivity contribution in [1.29, 1.82) is 0 Å². The summed E-state index contributed by atoms with van der Waals surface area (Å²) < 4.78 is 5.02. The number of aromatic nitrogens is 1. The summed E-state index contributed by atoms with van der Waals surface area (Å²) in [6, 6.07) is 11.8. The van der Waals surface area contributed by atoms with Crippen LogP contribution in [0.5, 0.6) is 0 Å². The van der Waals surface area contributed by atoms with Gasteiger partial charge in [0.2, 0.25) is 0 Å². The van der Waals surface area contributed by atoms with Gasteiger partial charge in [-0.25, -0.2) is 4.79 Å². The van der Waals surface area contributed by atoms with Crippen molar-refractivity contribution in [2.45, 2.75) is 24.9 Å². The summed E-state index contributed by atoms with van der Waals surface area (Å²) in [5.74, 6) is -0.664. The first-order valence-corrected chi connectivity index (χ1v) is 8.43. The zero-order valence-electron chi connectivity index (χ0n) is 14.3. The van der Waals surface area contributed by atoms with E-state index in [4.69, 9.17) is 4.74 Å². The second kappa shape index (κ2) is 7.53. The number of rotatable bonds is 5. The molecule has 6 heteroatoms. The van der Waals surface area contributed by atoms with Crippen LogP contribution in [0, 0.1) is 0 Å². The molecule has 1 atom stereocenters. The highest BCUT2D eigenvalue weighted by Gasteiger charge is 2.44. The molecule has 2 heterocycles. The number of carbonyl (C=O) groups is 2. The Bertz CT molecular complexity index is 715. The molecule has 2 aromatic rings. The highest BCUT2D eigenvalue weighted by atomic mass is 16.5. The van der Waals surface area contributed by atoms with Crippen LogP contribution < -0.4 is 5.32 Å². The molecule has 1 aromatic heterocycles. The highest BCUT2D eigenvalue weighted by molar-refractivity contribution is 5.98. The molecule has 1 fully saturated rings. The summed E-state index contributed by atoms with van der Waals surface area (Å²) in [6.45, 7) is 2.05. The molecule has 25 heavy (non-hydrogen) atoms. The standard InChI is InChI=1S/C19H23N3O3/c1-25-18(24)19(21-17(23)16-8-10-20-12-16)9-5-11-22(14-19)13-15-6-3-2-4-7-15/h2-4,6-8,10,12,20H,5,9,11,13-14H2,1H3,(H,21,23). The quantitative estimate of drug-likeness (QED) is 0.815. The van der Waals surface area contributed by atoms with Crippen molar-refractivity contribution < 1.29 is 14.3 Å². The summed E-state index contributed by atoms with van der Waals surface area (Å²) in [7, 11) is 1.36. The van der Waals surface area contributed by atoms with Crippen LogP contribution in [-0.4, -0.2) is 47.5 Å². The Morgan fingerprint density at radius 1 is 1.28 bits per heavy atom. The third-order valence-corrected chi connectivity index (χ3v) is 4.61. The monoisotopic (exact) mass is 341 g/mol. The van der Waals surface area contributed by atoms with Crippen LogP contribution in [-0.2, 0) is 16.1 Å². The van der Waals surface area contributed by atoms with Gasteiger partial charge in [0.25, 0.3) is 5.91 Å². The van der Waals surface area contributed by atoms with Crippen LogP contribution in [0.4, 0.5) is 0 Å². The molecule has 0 radical (unpaired) electrons. The average Bonchev–Trinajstić information content (AvgIpc) is 3.17. The lowest BCUT2D eigenvalue weighted by Gasteiger charge is -2.41. The Kier molecular flexibility index (Phi) is 5.19. The lowest BCUT2D eigenvalue weighted by atomic mass is 9.88. The minimum absolute atomic E-state index is 0.270. The van der Waals surface area contributed by atoms with Crippen molar-refractivity contribution in [1.82, 2.24) is 15.2 Å². The number of carbonyl (C=O) groups excluding carboxylic acids is 2. The van der Waals surface area contributed by atoms with Crippen molar-refractivity contribution in [3.05, 3.63) is 59.9 Å². The van der Waals surface area contributed by atoms with E-state index in [9.17, 15) is 9.59 Å². The summed E-state index contributed by atoms with van der Waals surface area (Å²) in [5, 5.41) is 2.93. The Morgan fingerprint density at radius 3 is 2.76 bits per heavy atom. The molecule has 2 N–H and O–H groups in total. The predicted octanol–water partition coefficient (Wildman–Crippen LogP) is 1.95. The number of piperidine rings is 1. The first-order valence-electron chi connectivity index (χ1n) is 8.43. The first-order chi connectivity index (χ1) is 12.1. The molecule has 1 saturated heterocycles. The molecule has 1 aliphatic heterocycles. The van der Waals surface area contributed by atoms with Gasteiger partial charge in [-0.2, -0.15) is 0 Å². The molecule has 0 spiro atoms. The average molecular weight is 341 g/mol. The molecular weight excluding hydrogens is 318 g/mol. The topological polar surface area (TPSA) is 74.4 Å². The Hall–Kier alpha value is -2.60. The number of H-pyrrole nitrogens is 1. The normalized spacial score (nSPS) is 20.8. The number of methoxy groups -OCH3 is 1. The minimum atomic E-state index is -1.02. The highest BCUT2D eigenvalue weighted by Crippen LogP contribution is 2.25. The van der Waals surface area contributed by atoms with Gasteiger partial charge in [-0.3, -0.25) is 9.69 Å². The number of esters is 1. The van der Waals surface area contributed by atoms with E-state index < -0.39 is 11.5 Å². The van der Waals surface area contributed by atoms with Crippen LogP contribution in [0.25, 0.3) is 0 Å². The lowest BCUT2D eigenvalue weighted by Crippen LogP contribution is -2.63. The van der Waals surface area contributed by atoms with E-state index in [0.29, 0.717) is 18.5 Å². The van der Waals surface area contributed by atoms with Gasteiger partial charge < -0.3 is 15.0 Å². The van der Waals surface area contributed by atoms with Gasteiger partial charge in [-0.15, -0.1) is 0 Å². The number of hydrogen-bond donors (Lipinski definition) is 2. The molecule has 132 valence electrons. The Morgan fingerprint density at radius 2 is 2.08 bits per heavy atom. The molecule has 1 aliphatic rings. The third-order valence-electron chi connectivity index (χ3n) is 4.61. The van der Waals surface area contributed by atoms with Crippen LogP contribution in [0.3, 0.4) is 0 Å². The largest absolute Gasteiger partial charge is 0.467 e. The summed E-state index contributed by atoms with van der Waals surface area (Å²) in [5.41, 5.74) is 0.666. The van der Waals surface area contributed by atoms with Crippen LogP contribution >= 0.6 is 0 Å². The maximum atomic E-state index is 12.5. The van der Waals surface area contributed by atoms with E-state index in [1.54, 1.807) is 18.5 Å². The number of hydrogen-bond acceptors (Lipinski definition) is 4. The predicted molar refractivity (Wildman–Crippen MR) is 94.0 cm³/mol. The fourth-order valence-corrected chi connectivity index (χ4v) is 3.39. The SMILES string of the molecule is COC(=O)C1(NC(=O)c2cc[nH]c2)CCCN(Cc2ccccc2)C1. The Labute approximate surface area is 147 Å². The molecule has 1 amide bonds. The molecule has 0 bridgehead atoms. The maximum absolute atomic E-state index is 12.5. The maximum Gasteiger partial charge on any atom is 0.332 e. The van der Waals surface area contributed by atoms with Gasteiger partial charge in [-0.1, -0.05) is 30.3 Å². The number of aromatic amines is 1. The van der Waals surface area contributed by atoms with Gasteiger partial charge in [0, 0.05) is 25.5 Å². The lowest BCUT2D eigenvalue weighted by molar-refractivity contribution is -0.150. The summed E-state index contributed by atoms with van der Waals surface area (Å²) in [6.07, 6.45) is 4.68. The fraction of sp³-hybridized carbons (Fsp3) is 0.368. The molecule has 0 saturated carbocycles. The minimum Gasteiger partial charge on any atom is -0.467 e. The summed E-state index contributed by atoms with van der Waals surface area (Å²) in [4.78, 5) is 30.1. The van der Waals surface area contributed by atoms with Crippen molar-refractivity contribution in [2.75, 3.05) is 20.2 Å². The summed E-state index contributed by atoms with van der Waals surface area (Å²) >= 11 is 0. The van der Waals surface area contributed by atoms with Crippen molar-refractivity contribution in [3.8, 4) is 0 Å². The van der Waals surface area contributed by atoms with Gasteiger partial charge in [0.15, 0.2) is 5.54 Å². The van der Waals surface area contributed by atoms with Crippen LogP contribution in [0.1, 0.15) is 28.8 Å². The number of amides is 1. The molecular formula is C19H23N3O3. The third kappa shape index (κ3) is 3.91. The van der Waals surface area contributed by atoms with E-state index in [-0.39, 0.29) is 5.91 Å². The zero-order chi connectivity index (χ0) is 17.7. The second-order valence-corrected chi connectivity index (χ2v) is 6.43. The van der Waals surface area contributed by atoms with Crippen molar-refractivity contribution in [2.24, 2.45) is 0 Å². The molecule has 6 nitrogen and oxygen atoms in total. The number of ether oxygens (including phenoxy) is 1. The smallest absolute Gasteiger partial charge is 0.332 e. The van der Waals surface area contributed by atoms with Gasteiger partial charge in [0.05, 0.1) is 12.7 Å². The molecule has 1 unspecified atom stereocenters. The number of nitrogens with zero attached hydrogens (tertiary/aromatic N) is 1. The van der Waals surface area contributed by atoms with Gasteiger partial charge >= 0.3 is 5.97 Å². The number of likely N-dealkylation sites (tertiary alicyclic amines) is 1. The molecule has 1 aromatic carbocycles. The van der Waals surface area contributed by atoms with E-state index in [0.717, 1.165) is 19.5 Å². The number of benzene rings is 1. The first kappa shape index (κ1) is 17.2. The van der Waals surface area contributed by atoms with Crippen molar-refractivity contribution in [3.63, 3.8) is 0 Å². The fourth-order valence-electron chi connectivity index (χ4n) is 3.39. The van der Waals surface area contributed by atoms with Crippen molar-refractivity contribution >= 4 is 11.9 Å². The molecule has 3 rings (SSSR count). The van der Waals surface area contributed by atoms with Crippen LogP contribution in [0.15, 0.2) is 48.8 Å². The van der Waals surface area contributed by atoms with E-state index >= 15 is 0 Å². The van der Waals surface area contributed by atoms with Gasteiger partial charge in [0.1, 0.15) is 0 Å². The van der Waals surface area contributed by atoms with E-state index in [1.807, 2.05) is 18.2 Å². The zero-order valence-corrected chi connectivity index (χ0v) is 14.3. The number of nitrogens with one attached hydrogen (secondary N) is 2. The van der Waals surface area contributed by atoms with Gasteiger partial charge in [-0.05, 0) is 31.0 Å². The van der Waals surface area contributed by atoms with Crippen LogP contribution in [0.2, 0.25) is 0 Å². The van der Waals surface area contributed by atoms with E-state index in [1.165, 1.54) is 12.7 Å². The Balaban J connectivity index is 1.77.